The van der Waals surface area contributed by atoms with Gasteiger partial charge in [0.2, 0.25) is 11.9 Å². The van der Waals surface area contributed by atoms with E-state index in [2.05, 4.69) is 25.3 Å². The van der Waals surface area contributed by atoms with E-state index in [-0.39, 0.29) is 27.8 Å². The summed E-state index contributed by atoms with van der Waals surface area (Å²) in [6, 6.07) is 7.74. The van der Waals surface area contributed by atoms with E-state index in [0.29, 0.717) is 17.1 Å². The second kappa shape index (κ2) is 7.57. The van der Waals surface area contributed by atoms with Gasteiger partial charge in [-0.05, 0) is 69.2 Å². The predicted octanol–water partition coefficient (Wildman–Crippen LogP) is 2.12. The van der Waals surface area contributed by atoms with Crippen LogP contribution in [0.5, 0.6) is 0 Å². The molecule has 0 radical (unpaired) electrons. The van der Waals surface area contributed by atoms with Gasteiger partial charge in [-0.15, -0.1) is 0 Å². The molecule has 1 amide bonds. The number of hydrogen-bond acceptors (Lipinski definition) is 6. The highest BCUT2D eigenvalue weighted by Gasteiger charge is 2.30. The van der Waals surface area contributed by atoms with Crippen LogP contribution in [0.4, 0.5) is 11.6 Å². The number of benzene rings is 1. The molecule has 27 heavy (non-hydrogen) atoms. The van der Waals surface area contributed by atoms with Gasteiger partial charge < -0.3 is 10.6 Å². The van der Waals surface area contributed by atoms with Crippen molar-refractivity contribution in [1.82, 2.24) is 15.3 Å². The van der Waals surface area contributed by atoms with Crippen molar-refractivity contribution in [2.75, 3.05) is 10.0 Å². The SMILES string of the molecule is Cc1cc(C)nc(NS(=O)(=O)c2ccc(NC(=S)NC(=O)C3CC3)cc2)n1. The van der Waals surface area contributed by atoms with E-state index in [4.69, 9.17) is 12.2 Å². The normalized spacial score (nSPS) is 13.7. The zero-order valence-corrected chi connectivity index (χ0v) is 16.4. The quantitative estimate of drug-likeness (QED) is 0.653. The second-order valence-electron chi connectivity index (χ2n) is 6.32. The fourth-order valence-electron chi connectivity index (χ4n) is 2.39. The number of nitrogens with zero attached hydrogens (tertiary/aromatic N) is 2. The third-order valence-corrected chi connectivity index (χ3v) is 5.36. The molecule has 2 aromatic rings. The van der Waals surface area contributed by atoms with E-state index in [1.165, 1.54) is 12.1 Å². The average molecular weight is 406 g/mol. The number of thiocarbonyl (C=S) groups is 1. The summed E-state index contributed by atoms with van der Waals surface area (Å²) < 4.78 is 27.4. The van der Waals surface area contributed by atoms with Crippen LogP contribution in [-0.4, -0.2) is 29.4 Å². The van der Waals surface area contributed by atoms with Gasteiger partial charge in [-0.25, -0.2) is 23.1 Å². The summed E-state index contributed by atoms with van der Waals surface area (Å²) in [5.41, 5.74) is 1.90. The lowest BCUT2D eigenvalue weighted by molar-refractivity contribution is -0.120. The molecule has 1 fully saturated rings. The zero-order valence-electron chi connectivity index (χ0n) is 14.8. The first-order valence-corrected chi connectivity index (χ1v) is 10.2. The number of amides is 1. The standard InChI is InChI=1S/C17H19N5O3S2/c1-10-9-11(2)19-16(18-10)22-27(24,25)14-7-5-13(6-8-14)20-17(26)21-15(23)12-3-4-12/h5-9,12H,3-4H2,1-2H3,(H,18,19,22)(H2,20,21,23,26). The van der Waals surface area contributed by atoms with Crippen LogP contribution in [0.2, 0.25) is 0 Å². The Kier molecular flexibility index (Phi) is 5.38. The molecule has 0 spiro atoms. The van der Waals surface area contributed by atoms with Crippen molar-refractivity contribution in [1.29, 1.82) is 0 Å². The lowest BCUT2D eigenvalue weighted by atomic mass is 10.3. The number of aromatic nitrogens is 2. The molecular weight excluding hydrogens is 386 g/mol. The first kappa shape index (κ1) is 19.2. The maximum Gasteiger partial charge on any atom is 0.264 e. The van der Waals surface area contributed by atoms with Crippen LogP contribution in [0.1, 0.15) is 24.2 Å². The summed E-state index contributed by atoms with van der Waals surface area (Å²) >= 11 is 5.09. The maximum absolute atomic E-state index is 12.5. The first-order valence-electron chi connectivity index (χ1n) is 8.30. The monoisotopic (exact) mass is 405 g/mol. The Morgan fingerprint density at radius 3 is 2.26 bits per heavy atom. The van der Waals surface area contributed by atoms with Gasteiger partial charge in [-0.3, -0.25) is 4.79 Å². The fraction of sp³-hybridized carbons (Fsp3) is 0.294. The Morgan fingerprint density at radius 1 is 1.11 bits per heavy atom. The van der Waals surface area contributed by atoms with E-state index in [9.17, 15) is 13.2 Å². The van der Waals surface area contributed by atoms with E-state index < -0.39 is 10.0 Å². The highest BCUT2D eigenvalue weighted by atomic mass is 32.2. The molecule has 1 aromatic heterocycles. The van der Waals surface area contributed by atoms with E-state index in [0.717, 1.165) is 12.8 Å². The Labute approximate surface area is 162 Å². The highest BCUT2D eigenvalue weighted by Crippen LogP contribution is 2.28. The Bertz CT molecular complexity index is 966. The van der Waals surface area contributed by atoms with E-state index >= 15 is 0 Å². The van der Waals surface area contributed by atoms with Gasteiger partial charge in [0.15, 0.2) is 5.11 Å². The molecule has 0 unspecified atom stereocenters. The number of nitrogens with one attached hydrogen (secondary N) is 3. The Hall–Kier alpha value is -2.59. The van der Waals surface area contributed by atoms with Crippen molar-refractivity contribution in [3.63, 3.8) is 0 Å². The molecule has 0 atom stereocenters. The van der Waals surface area contributed by atoms with Crippen molar-refractivity contribution < 1.29 is 13.2 Å². The average Bonchev–Trinajstić information content (AvgIpc) is 3.38. The molecule has 1 aromatic carbocycles. The molecule has 3 rings (SSSR count). The largest absolute Gasteiger partial charge is 0.332 e. The van der Waals surface area contributed by atoms with Gasteiger partial charge in [0.25, 0.3) is 10.0 Å². The third-order valence-electron chi connectivity index (χ3n) is 3.82. The van der Waals surface area contributed by atoms with Crippen molar-refractivity contribution >= 4 is 44.9 Å². The molecule has 3 N–H and O–H groups in total. The van der Waals surface area contributed by atoms with Crippen LogP contribution in [-0.2, 0) is 14.8 Å². The lowest BCUT2D eigenvalue weighted by Crippen LogP contribution is -2.35. The Balaban J connectivity index is 1.66. The van der Waals surface area contributed by atoms with Crippen molar-refractivity contribution in [3.8, 4) is 0 Å². The minimum atomic E-state index is -3.82. The van der Waals surface area contributed by atoms with E-state index in [1.807, 2.05) is 0 Å². The molecule has 10 heteroatoms. The minimum absolute atomic E-state index is 0.0265. The molecule has 0 bridgehead atoms. The van der Waals surface area contributed by atoms with Gasteiger partial charge in [0.1, 0.15) is 0 Å². The summed E-state index contributed by atoms with van der Waals surface area (Å²) in [6.07, 6.45) is 1.77. The number of sulfonamides is 1. The Morgan fingerprint density at radius 2 is 1.70 bits per heavy atom. The molecule has 0 aliphatic heterocycles. The topological polar surface area (TPSA) is 113 Å². The van der Waals surface area contributed by atoms with Crippen LogP contribution < -0.4 is 15.4 Å². The second-order valence-corrected chi connectivity index (χ2v) is 8.41. The molecule has 1 aliphatic rings. The summed E-state index contributed by atoms with van der Waals surface area (Å²) in [6.45, 7) is 3.52. The number of anilines is 2. The summed E-state index contributed by atoms with van der Waals surface area (Å²) in [7, 11) is -3.82. The van der Waals surface area contributed by atoms with Crippen LogP contribution in [0.25, 0.3) is 0 Å². The summed E-state index contributed by atoms with van der Waals surface area (Å²) in [5, 5.41) is 5.66. The van der Waals surface area contributed by atoms with Crippen molar-refractivity contribution in [2.45, 2.75) is 31.6 Å². The number of hydrogen-bond donors (Lipinski definition) is 3. The summed E-state index contributed by atoms with van der Waals surface area (Å²) in [4.78, 5) is 19.9. The van der Waals surface area contributed by atoms with Crippen molar-refractivity contribution in [2.24, 2.45) is 5.92 Å². The van der Waals surface area contributed by atoms with E-state index in [1.54, 1.807) is 32.0 Å². The molecule has 142 valence electrons. The van der Waals surface area contributed by atoms with Gasteiger partial charge in [0.05, 0.1) is 4.90 Å². The molecule has 0 saturated heterocycles. The maximum atomic E-state index is 12.5. The van der Waals surface area contributed by atoms with Gasteiger partial charge >= 0.3 is 0 Å². The number of rotatable bonds is 5. The van der Waals surface area contributed by atoms with Gasteiger partial charge in [-0.2, -0.15) is 0 Å². The number of aryl methyl sites for hydroxylation is 2. The molecular formula is C17H19N5O3S2. The summed E-state index contributed by atoms with van der Waals surface area (Å²) in [5.74, 6) is -0.0150. The van der Waals surface area contributed by atoms with Gasteiger partial charge in [0, 0.05) is 23.0 Å². The van der Waals surface area contributed by atoms with Gasteiger partial charge in [-0.1, -0.05) is 0 Å². The van der Waals surface area contributed by atoms with Crippen LogP contribution in [0, 0.1) is 19.8 Å². The fourth-order valence-corrected chi connectivity index (χ4v) is 3.55. The first-order chi connectivity index (χ1) is 12.7. The predicted molar refractivity (Wildman–Crippen MR) is 106 cm³/mol. The zero-order chi connectivity index (χ0) is 19.6. The molecule has 1 saturated carbocycles. The van der Waals surface area contributed by atoms with Crippen molar-refractivity contribution in [3.05, 3.63) is 41.7 Å². The lowest BCUT2D eigenvalue weighted by Gasteiger charge is -2.11. The minimum Gasteiger partial charge on any atom is -0.332 e. The molecule has 1 aliphatic carbocycles. The number of carbonyl (C=O) groups excluding carboxylic acids is 1. The third kappa shape index (κ3) is 5.20. The molecule has 1 heterocycles. The highest BCUT2D eigenvalue weighted by molar-refractivity contribution is 7.92. The smallest absolute Gasteiger partial charge is 0.264 e. The van der Waals surface area contributed by atoms with Crippen LogP contribution in [0.3, 0.4) is 0 Å². The number of carbonyl (C=O) groups is 1. The van der Waals surface area contributed by atoms with Crippen LogP contribution in [0.15, 0.2) is 35.2 Å². The van der Waals surface area contributed by atoms with Crippen LogP contribution >= 0.6 is 12.2 Å². The molecule has 8 nitrogen and oxygen atoms in total.